The van der Waals surface area contributed by atoms with Crippen LogP contribution >= 0.6 is 15.9 Å². The van der Waals surface area contributed by atoms with E-state index in [0.29, 0.717) is 11.8 Å². The first-order chi connectivity index (χ1) is 9.70. The van der Waals surface area contributed by atoms with Crippen molar-refractivity contribution in [3.63, 3.8) is 0 Å². The van der Waals surface area contributed by atoms with Gasteiger partial charge in [-0.2, -0.15) is 0 Å². The van der Waals surface area contributed by atoms with Crippen molar-refractivity contribution in [2.24, 2.45) is 0 Å². The molecule has 0 heterocycles. The number of halogens is 3. The first-order valence-electron chi connectivity index (χ1n) is 5.95. The van der Waals surface area contributed by atoms with Crippen LogP contribution in [0, 0.1) is 25.5 Å². The number of rotatable bonds is 3. The first kappa shape index (κ1) is 15.9. The zero-order valence-corrected chi connectivity index (χ0v) is 13.6. The van der Waals surface area contributed by atoms with Crippen molar-refractivity contribution >= 4 is 31.6 Å². The van der Waals surface area contributed by atoms with Gasteiger partial charge in [0.15, 0.2) is 0 Å². The Kier molecular flexibility index (Phi) is 4.34. The quantitative estimate of drug-likeness (QED) is 0.875. The summed E-state index contributed by atoms with van der Waals surface area (Å²) in [7, 11) is -4.11. The maximum Gasteiger partial charge on any atom is 0.264 e. The Morgan fingerprint density at radius 2 is 1.62 bits per heavy atom. The minimum Gasteiger partial charge on any atom is -0.280 e. The average molecular weight is 376 g/mol. The summed E-state index contributed by atoms with van der Waals surface area (Å²) in [6.45, 7) is 3.63. The van der Waals surface area contributed by atoms with Crippen LogP contribution in [0.4, 0.5) is 14.5 Å². The maximum absolute atomic E-state index is 13.6. The summed E-state index contributed by atoms with van der Waals surface area (Å²) >= 11 is 3.38. The van der Waals surface area contributed by atoms with Gasteiger partial charge < -0.3 is 0 Å². The molecule has 0 spiro atoms. The van der Waals surface area contributed by atoms with Crippen molar-refractivity contribution in [2.75, 3.05) is 4.72 Å². The van der Waals surface area contributed by atoms with Gasteiger partial charge in [0.1, 0.15) is 16.5 Å². The molecular formula is C14H12BrF2NO2S. The van der Waals surface area contributed by atoms with Gasteiger partial charge in [-0.15, -0.1) is 0 Å². The van der Waals surface area contributed by atoms with Crippen molar-refractivity contribution in [3.8, 4) is 0 Å². The molecule has 7 heteroatoms. The fourth-order valence-electron chi connectivity index (χ4n) is 1.91. The summed E-state index contributed by atoms with van der Waals surface area (Å²) in [6.07, 6.45) is 0. The van der Waals surface area contributed by atoms with Gasteiger partial charge in [-0.3, -0.25) is 4.72 Å². The molecule has 0 bridgehead atoms. The highest BCUT2D eigenvalue weighted by Crippen LogP contribution is 2.27. The van der Waals surface area contributed by atoms with Crippen LogP contribution < -0.4 is 4.72 Å². The molecule has 0 aliphatic carbocycles. The summed E-state index contributed by atoms with van der Waals surface area (Å²) in [5.74, 6) is -1.96. The molecule has 0 amide bonds. The number of hydrogen-bond acceptors (Lipinski definition) is 2. The molecule has 2 rings (SSSR count). The highest BCUT2D eigenvalue weighted by molar-refractivity contribution is 9.10. The zero-order chi connectivity index (χ0) is 15.8. The van der Waals surface area contributed by atoms with E-state index < -0.39 is 26.6 Å². The highest BCUT2D eigenvalue weighted by Gasteiger charge is 2.20. The topological polar surface area (TPSA) is 46.2 Å². The van der Waals surface area contributed by atoms with E-state index in [1.807, 2.05) is 13.8 Å². The van der Waals surface area contributed by atoms with Crippen molar-refractivity contribution in [3.05, 3.63) is 57.6 Å². The van der Waals surface area contributed by atoms with Crippen molar-refractivity contribution in [1.29, 1.82) is 0 Å². The lowest BCUT2D eigenvalue weighted by Crippen LogP contribution is -2.15. The Hall–Kier alpha value is -1.47. The summed E-state index contributed by atoms with van der Waals surface area (Å²) in [5.41, 5.74) is 2.00. The van der Waals surface area contributed by atoms with E-state index in [9.17, 15) is 17.2 Å². The molecule has 3 nitrogen and oxygen atoms in total. The first-order valence-corrected chi connectivity index (χ1v) is 8.23. The summed E-state index contributed by atoms with van der Waals surface area (Å²) in [5, 5.41) is 0. The van der Waals surface area contributed by atoms with E-state index in [-0.39, 0.29) is 0 Å². The zero-order valence-electron chi connectivity index (χ0n) is 11.2. The number of nitrogens with one attached hydrogen (secondary N) is 1. The van der Waals surface area contributed by atoms with Gasteiger partial charge in [0.2, 0.25) is 0 Å². The van der Waals surface area contributed by atoms with Gasteiger partial charge in [0.05, 0.1) is 0 Å². The Balaban J connectivity index is 2.42. The minimum absolute atomic E-state index is 0.317. The number of aryl methyl sites for hydroxylation is 2. The van der Waals surface area contributed by atoms with Crippen molar-refractivity contribution in [1.82, 2.24) is 0 Å². The number of sulfonamides is 1. The highest BCUT2D eigenvalue weighted by atomic mass is 79.9. The lowest BCUT2D eigenvalue weighted by molar-refractivity contribution is 0.551. The molecule has 2 aromatic rings. The van der Waals surface area contributed by atoms with Gasteiger partial charge >= 0.3 is 0 Å². The minimum atomic E-state index is -4.11. The number of benzene rings is 2. The molecule has 112 valence electrons. The molecule has 0 saturated carbocycles. The molecule has 2 aromatic carbocycles. The van der Waals surface area contributed by atoms with Crippen LogP contribution in [-0.4, -0.2) is 8.42 Å². The largest absolute Gasteiger partial charge is 0.280 e. The second-order valence-electron chi connectivity index (χ2n) is 4.60. The third kappa shape index (κ3) is 3.41. The fraction of sp³-hybridized carbons (Fsp3) is 0.143. The van der Waals surface area contributed by atoms with Crippen LogP contribution in [0.3, 0.4) is 0 Å². The van der Waals surface area contributed by atoms with Crippen LogP contribution in [0.15, 0.2) is 39.7 Å². The second-order valence-corrected chi connectivity index (χ2v) is 7.05. The number of anilines is 1. The van der Waals surface area contributed by atoms with E-state index in [1.54, 1.807) is 12.1 Å². The Labute approximate surface area is 130 Å². The monoisotopic (exact) mass is 375 g/mol. The summed E-state index contributed by atoms with van der Waals surface area (Å²) in [6, 6.07) is 5.57. The van der Waals surface area contributed by atoms with Crippen LogP contribution in [-0.2, 0) is 10.0 Å². The van der Waals surface area contributed by atoms with E-state index in [2.05, 4.69) is 20.7 Å². The molecule has 0 radical (unpaired) electrons. The lowest BCUT2D eigenvalue weighted by Gasteiger charge is -2.12. The Morgan fingerprint density at radius 3 is 2.14 bits per heavy atom. The van der Waals surface area contributed by atoms with Crippen LogP contribution in [0.1, 0.15) is 11.1 Å². The van der Waals surface area contributed by atoms with Crippen molar-refractivity contribution < 1.29 is 17.2 Å². The molecule has 0 atom stereocenters. The molecule has 0 aromatic heterocycles. The predicted octanol–water partition coefficient (Wildman–Crippen LogP) is 4.14. The second kappa shape index (κ2) is 5.73. The van der Waals surface area contributed by atoms with E-state index in [0.717, 1.165) is 27.7 Å². The SMILES string of the molecule is Cc1cc(NS(=O)(=O)c2ccc(F)cc2F)cc(C)c1Br. The van der Waals surface area contributed by atoms with Crippen LogP contribution in [0.25, 0.3) is 0 Å². The normalized spacial score (nSPS) is 11.5. The molecule has 0 aliphatic rings. The third-order valence-electron chi connectivity index (χ3n) is 2.87. The van der Waals surface area contributed by atoms with Gasteiger partial charge in [-0.25, -0.2) is 17.2 Å². The average Bonchev–Trinajstić information content (AvgIpc) is 2.34. The van der Waals surface area contributed by atoms with E-state index >= 15 is 0 Å². The van der Waals surface area contributed by atoms with E-state index in [4.69, 9.17) is 0 Å². The molecule has 21 heavy (non-hydrogen) atoms. The van der Waals surface area contributed by atoms with Gasteiger partial charge in [-0.1, -0.05) is 15.9 Å². The van der Waals surface area contributed by atoms with Crippen LogP contribution in [0.2, 0.25) is 0 Å². The Bertz CT molecular complexity index is 784. The third-order valence-corrected chi connectivity index (χ3v) is 5.54. The van der Waals surface area contributed by atoms with Gasteiger partial charge in [0, 0.05) is 16.2 Å². The molecule has 0 unspecified atom stereocenters. The van der Waals surface area contributed by atoms with Gasteiger partial charge in [0.25, 0.3) is 10.0 Å². The molecule has 1 N–H and O–H groups in total. The molecule has 0 fully saturated rings. The molecule has 0 saturated heterocycles. The smallest absolute Gasteiger partial charge is 0.264 e. The van der Waals surface area contributed by atoms with Crippen LogP contribution in [0.5, 0.6) is 0 Å². The Morgan fingerprint density at radius 1 is 1.05 bits per heavy atom. The van der Waals surface area contributed by atoms with E-state index in [1.165, 1.54) is 0 Å². The summed E-state index contributed by atoms with van der Waals surface area (Å²) < 4.78 is 53.9. The lowest BCUT2D eigenvalue weighted by atomic mass is 10.1. The number of hydrogen-bond donors (Lipinski definition) is 1. The molecule has 0 aliphatic heterocycles. The van der Waals surface area contributed by atoms with Crippen molar-refractivity contribution in [2.45, 2.75) is 18.7 Å². The van der Waals surface area contributed by atoms with Gasteiger partial charge in [-0.05, 0) is 49.2 Å². The fourth-order valence-corrected chi connectivity index (χ4v) is 3.24. The summed E-state index contributed by atoms with van der Waals surface area (Å²) in [4.78, 5) is -0.595. The molecular weight excluding hydrogens is 364 g/mol. The predicted molar refractivity (Wildman–Crippen MR) is 80.8 cm³/mol. The maximum atomic E-state index is 13.6. The standard InChI is InChI=1S/C14H12BrF2NO2S/c1-8-5-11(6-9(2)14(8)15)18-21(19,20)13-4-3-10(16)7-12(13)17/h3-7,18H,1-2H3.